The Morgan fingerprint density at radius 3 is 2.26 bits per heavy atom. The normalized spacial score (nSPS) is 47.1. The highest BCUT2D eigenvalue weighted by Crippen LogP contribution is 2.58. The molecule has 4 heterocycles. The topological polar surface area (TPSA) is 46.6 Å². The lowest BCUT2D eigenvalue weighted by Gasteiger charge is -2.25. The summed E-state index contributed by atoms with van der Waals surface area (Å²) in [6.07, 6.45) is 1.89. The van der Waals surface area contributed by atoms with E-state index in [2.05, 4.69) is 6.92 Å². The van der Waals surface area contributed by atoms with E-state index in [1.807, 2.05) is 23.5 Å². The van der Waals surface area contributed by atoms with Crippen LogP contribution in [0.3, 0.4) is 0 Å². The molecule has 0 aliphatic carbocycles. The first-order valence-corrected chi connectivity index (χ1v) is 9.07. The fourth-order valence-electron chi connectivity index (χ4n) is 3.87. The number of nitrogens with zero attached hydrogens (tertiary/aromatic N) is 1. The monoisotopic (exact) mass is 299 g/mol. The molecule has 0 spiro atoms. The summed E-state index contributed by atoms with van der Waals surface area (Å²) in [5.74, 6) is -0.289. The molecule has 6 heteroatoms. The van der Waals surface area contributed by atoms with Crippen molar-refractivity contribution in [3.8, 4) is 0 Å². The highest BCUT2D eigenvalue weighted by atomic mass is 32.2. The minimum absolute atomic E-state index is 0.0110. The summed E-state index contributed by atoms with van der Waals surface area (Å²) < 4.78 is 5.99. The Bertz CT molecular complexity index is 410. The zero-order chi connectivity index (χ0) is 13.1. The third kappa shape index (κ3) is 1.54. The van der Waals surface area contributed by atoms with Crippen LogP contribution in [0.15, 0.2) is 0 Å². The zero-order valence-electron chi connectivity index (χ0n) is 10.8. The van der Waals surface area contributed by atoms with Crippen molar-refractivity contribution in [2.45, 2.75) is 42.5 Å². The molecule has 0 N–H and O–H groups in total. The number of thioether (sulfide) groups is 2. The minimum atomic E-state index is -0.179. The number of fused-ring (bicyclic) bond motifs is 8. The summed E-state index contributed by atoms with van der Waals surface area (Å²) in [6, 6.07) is 0. The summed E-state index contributed by atoms with van der Waals surface area (Å²) in [6.45, 7) is 2.67. The number of carbonyl (C=O) groups excluding carboxylic acids is 2. The number of ether oxygens (including phenoxy) is 1. The maximum atomic E-state index is 12.5. The van der Waals surface area contributed by atoms with Gasteiger partial charge >= 0.3 is 0 Å². The number of unbranched alkanes of at least 4 members (excludes halogenated alkanes) is 1. The van der Waals surface area contributed by atoms with Gasteiger partial charge in [-0.05, 0) is 6.42 Å². The van der Waals surface area contributed by atoms with Gasteiger partial charge in [-0.3, -0.25) is 14.5 Å². The predicted octanol–water partition coefficient (Wildman–Crippen LogP) is 1.34. The number of likely N-dealkylation sites (tertiary alicyclic amines) is 1. The average Bonchev–Trinajstić information content (AvgIpc) is 3.10. The predicted molar refractivity (Wildman–Crippen MR) is 74.9 cm³/mol. The molecule has 2 amide bonds. The van der Waals surface area contributed by atoms with Crippen LogP contribution >= 0.6 is 23.5 Å². The molecule has 0 unspecified atom stereocenters. The van der Waals surface area contributed by atoms with E-state index in [4.69, 9.17) is 4.74 Å². The van der Waals surface area contributed by atoms with Gasteiger partial charge in [0.2, 0.25) is 11.8 Å². The molecule has 4 fully saturated rings. The SMILES string of the molecule is CCCCN1C(=O)[C@@H]2[C@@H]3O[C@@H]([C@H]4SCS[C@@H]34)[C@@H]2C1=O. The van der Waals surface area contributed by atoms with Crippen LogP contribution in [0.5, 0.6) is 0 Å². The number of carbonyl (C=O) groups is 2. The maximum Gasteiger partial charge on any atom is 0.235 e. The van der Waals surface area contributed by atoms with Gasteiger partial charge in [-0.15, -0.1) is 23.5 Å². The Kier molecular flexibility index (Phi) is 2.90. The van der Waals surface area contributed by atoms with E-state index < -0.39 is 0 Å². The Balaban J connectivity index is 1.62. The Morgan fingerprint density at radius 2 is 1.74 bits per heavy atom. The Hall–Kier alpha value is -0.200. The summed E-state index contributed by atoms with van der Waals surface area (Å²) in [4.78, 5) is 26.5. The van der Waals surface area contributed by atoms with Gasteiger partial charge in [-0.1, -0.05) is 13.3 Å². The van der Waals surface area contributed by atoms with E-state index >= 15 is 0 Å². The van der Waals surface area contributed by atoms with Crippen LogP contribution in [-0.4, -0.2) is 51.1 Å². The molecule has 4 aliphatic rings. The molecule has 2 bridgehead atoms. The van der Waals surface area contributed by atoms with Crippen molar-refractivity contribution in [2.75, 3.05) is 11.6 Å². The number of rotatable bonds is 3. The molecule has 0 aromatic heterocycles. The fourth-order valence-corrected chi connectivity index (χ4v) is 7.44. The first-order valence-electron chi connectivity index (χ1n) is 6.98. The minimum Gasteiger partial charge on any atom is -0.371 e. The summed E-state index contributed by atoms with van der Waals surface area (Å²) in [5, 5.41) is 1.94. The third-order valence-corrected chi connectivity index (χ3v) is 7.89. The molecule has 104 valence electrons. The van der Waals surface area contributed by atoms with Gasteiger partial charge in [-0.25, -0.2) is 0 Å². The lowest BCUT2D eigenvalue weighted by molar-refractivity contribution is -0.142. The van der Waals surface area contributed by atoms with Gasteiger partial charge in [0, 0.05) is 22.1 Å². The van der Waals surface area contributed by atoms with Crippen molar-refractivity contribution < 1.29 is 14.3 Å². The van der Waals surface area contributed by atoms with E-state index in [0.717, 1.165) is 17.9 Å². The molecule has 0 aromatic carbocycles. The van der Waals surface area contributed by atoms with Crippen LogP contribution in [0.4, 0.5) is 0 Å². The van der Waals surface area contributed by atoms with Gasteiger partial charge < -0.3 is 4.74 Å². The molecule has 0 radical (unpaired) electrons. The molecule has 4 nitrogen and oxygen atoms in total. The van der Waals surface area contributed by atoms with Crippen LogP contribution in [-0.2, 0) is 14.3 Å². The molecule has 0 saturated carbocycles. The molecular formula is C13H17NO3S2. The van der Waals surface area contributed by atoms with Crippen molar-refractivity contribution >= 4 is 35.3 Å². The Morgan fingerprint density at radius 1 is 1.16 bits per heavy atom. The van der Waals surface area contributed by atoms with Crippen molar-refractivity contribution in [3.05, 3.63) is 0 Å². The zero-order valence-corrected chi connectivity index (χ0v) is 12.4. The second kappa shape index (κ2) is 4.40. The molecule has 6 atom stereocenters. The largest absolute Gasteiger partial charge is 0.371 e. The van der Waals surface area contributed by atoms with E-state index in [1.165, 1.54) is 4.90 Å². The lowest BCUT2D eigenvalue weighted by Crippen LogP contribution is -2.42. The third-order valence-electron chi connectivity index (χ3n) is 4.74. The average molecular weight is 299 g/mol. The van der Waals surface area contributed by atoms with Crippen molar-refractivity contribution in [1.29, 1.82) is 0 Å². The van der Waals surface area contributed by atoms with Gasteiger partial charge in [0.25, 0.3) is 0 Å². The molecular weight excluding hydrogens is 282 g/mol. The van der Waals surface area contributed by atoms with Gasteiger partial charge in [-0.2, -0.15) is 0 Å². The summed E-state index contributed by atoms with van der Waals surface area (Å²) >= 11 is 3.81. The summed E-state index contributed by atoms with van der Waals surface area (Å²) in [7, 11) is 0. The number of hydrogen-bond acceptors (Lipinski definition) is 5. The fraction of sp³-hybridized carbons (Fsp3) is 0.846. The van der Waals surface area contributed by atoms with Crippen molar-refractivity contribution in [1.82, 2.24) is 4.90 Å². The standard InChI is InChI=1S/C13H17NO3S2/c1-2-3-4-14-12(15)6-7(13(14)16)9-11-10(8(6)17-9)18-5-19-11/h6-11H,2-5H2,1H3/t6-,7+,8-,9+,10-,11+. The molecule has 19 heavy (non-hydrogen) atoms. The number of amides is 2. The lowest BCUT2D eigenvalue weighted by atomic mass is 9.80. The molecule has 4 rings (SSSR count). The highest BCUT2D eigenvalue weighted by Gasteiger charge is 2.69. The maximum absolute atomic E-state index is 12.5. The number of hydrogen-bond donors (Lipinski definition) is 0. The van der Waals surface area contributed by atoms with Gasteiger partial charge in [0.15, 0.2) is 0 Å². The Labute approximate surface area is 121 Å². The summed E-state index contributed by atoms with van der Waals surface area (Å²) in [5.41, 5.74) is 0. The van der Waals surface area contributed by atoms with Crippen LogP contribution in [0, 0.1) is 11.8 Å². The molecule has 4 aliphatic heterocycles. The number of imide groups is 1. The second-order valence-corrected chi connectivity index (χ2v) is 8.38. The highest BCUT2D eigenvalue weighted by molar-refractivity contribution is 8.20. The van der Waals surface area contributed by atoms with Crippen molar-refractivity contribution in [3.63, 3.8) is 0 Å². The van der Waals surface area contributed by atoms with E-state index in [9.17, 15) is 9.59 Å². The van der Waals surface area contributed by atoms with E-state index in [-0.39, 0.29) is 35.9 Å². The van der Waals surface area contributed by atoms with Crippen molar-refractivity contribution in [2.24, 2.45) is 11.8 Å². The van der Waals surface area contributed by atoms with E-state index in [0.29, 0.717) is 17.0 Å². The van der Waals surface area contributed by atoms with Crippen LogP contribution in [0.2, 0.25) is 0 Å². The van der Waals surface area contributed by atoms with E-state index in [1.54, 1.807) is 0 Å². The quantitative estimate of drug-likeness (QED) is 0.736. The van der Waals surface area contributed by atoms with Gasteiger partial charge in [0.1, 0.15) is 0 Å². The molecule has 0 aromatic rings. The van der Waals surface area contributed by atoms with Crippen LogP contribution in [0.1, 0.15) is 19.8 Å². The van der Waals surface area contributed by atoms with Crippen LogP contribution < -0.4 is 0 Å². The molecule has 4 saturated heterocycles. The second-order valence-electron chi connectivity index (χ2n) is 5.68. The first-order chi connectivity index (χ1) is 9.24. The first kappa shape index (κ1) is 12.5. The van der Waals surface area contributed by atoms with Gasteiger partial charge in [0.05, 0.1) is 24.0 Å². The van der Waals surface area contributed by atoms with Crippen LogP contribution in [0.25, 0.3) is 0 Å². The smallest absolute Gasteiger partial charge is 0.235 e.